The van der Waals surface area contributed by atoms with Gasteiger partial charge in [-0.3, -0.25) is 4.72 Å². The maximum atomic E-state index is 11.4. The fraction of sp³-hybridized carbons (Fsp3) is 0.222. The van der Waals surface area contributed by atoms with E-state index < -0.39 is 16.0 Å². The van der Waals surface area contributed by atoms with E-state index in [1.807, 2.05) is 0 Å². The second kappa shape index (κ2) is 4.40. The lowest BCUT2D eigenvalue weighted by atomic mass is 10.1. The van der Waals surface area contributed by atoms with Gasteiger partial charge in [-0.1, -0.05) is 0 Å². The van der Waals surface area contributed by atoms with Crippen LogP contribution in [0.4, 0.5) is 11.4 Å². The molecule has 1 aromatic rings. The molecule has 0 spiro atoms. The Morgan fingerprint density at radius 1 is 1.44 bits per heavy atom. The summed E-state index contributed by atoms with van der Waals surface area (Å²) in [6.07, 6.45) is 0.990. The number of nitrogen functional groups attached to an aromatic ring is 1. The van der Waals surface area contributed by atoms with Crippen LogP contribution in [0.2, 0.25) is 0 Å². The van der Waals surface area contributed by atoms with Crippen LogP contribution in [-0.4, -0.2) is 27.8 Å². The number of hydrogen-bond acceptors (Lipinski definition) is 5. The Hall–Kier alpha value is -1.76. The van der Waals surface area contributed by atoms with Gasteiger partial charge in [0.25, 0.3) is 0 Å². The Labute approximate surface area is 93.5 Å². The van der Waals surface area contributed by atoms with Crippen molar-refractivity contribution in [3.63, 3.8) is 0 Å². The van der Waals surface area contributed by atoms with Crippen molar-refractivity contribution in [2.24, 2.45) is 0 Å². The summed E-state index contributed by atoms with van der Waals surface area (Å²) in [5.74, 6) is -0.654. The van der Waals surface area contributed by atoms with Gasteiger partial charge in [0, 0.05) is 5.69 Å². The highest BCUT2D eigenvalue weighted by Crippen LogP contribution is 2.20. The molecular formula is C9H12N2O4S. The number of benzene rings is 1. The Morgan fingerprint density at radius 3 is 2.56 bits per heavy atom. The molecule has 0 aromatic heterocycles. The molecule has 0 bridgehead atoms. The van der Waals surface area contributed by atoms with Crippen molar-refractivity contribution in [1.82, 2.24) is 0 Å². The van der Waals surface area contributed by atoms with E-state index in [0.29, 0.717) is 5.69 Å². The number of esters is 1. The smallest absolute Gasteiger partial charge is 0.340 e. The zero-order valence-electron chi connectivity index (χ0n) is 8.85. The quantitative estimate of drug-likeness (QED) is 0.593. The van der Waals surface area contributed by atoms with Crippen molar-refractivity contribution < 1.29 is 17.9 Å². The molecule has 0 heterocycles. The predicted octanol–water partition coefficient (Wildman–Crippen LogP) is 0.427. The molecule has 0 radical (unpaired) electrons. The van der Waals surface area contributed by atoms with Crippen LogP contribution in [0, 0.1) is 0 Å². The van der Waals surface area contributed by atoms with E-state index in [0.717, 1.165) is 6.26 Å². The van der Waals surface area contributed by atoms with Crippen molar-refractivity contribution >= 4 is 27.4 Å². The van der Waals surface area contributed by atoms with Gasteiger partial charge in [0.05, 0.1) is 24.6 Å². The van der Waals surface area contributed by atoms with Crippen LogP contribution in [0.25, 0.3) is 0 Å². The SMILES string of the molecule is COC(=O)c1cc(N)ccc1NS(C)(=O)=O. The number of hydrogen-bond donors (Lipinski definition) is 2. The lowest BCUT2D eigenvalue weighted by Crippen LogP contribution is -2.14. The highest BCUT2D eigenvalue weighted by Gasteiger charge is 2.14. The fourth-order valence-electron chi connectivity index (χ4n) is 1.13. The zero-order chi connectivity index (χ0) is 12.3. The standard InChI is InChI=1S/C9H12N2O4S/c1-15-9(12)7-5-6(10)3-4-8(7)11-16(2,13)14/h3-5,11H,10H2,1-2H3. The molecule has 88 valence electrons. The number of anilines is 2. The summed E-state index contributed by atoms with van der Waals surface area (Å²) in [4.78, 5) is 11.4. The van der Waals surface area contributed by atoms with Crippen LogP contribution in [-0.2, 0) is 14.8 Å². The number of ether oxygens (including phenoxy) is 1. The lowest BCUT2D eigenvalue weighted by molar-refractivity contribution is 0.0602. The van der Waals surface area contributed by atoms with E-state index in [1.54, 1.807) is 0 Å². The van der Waals surface area contributed by atoms with Gasteiger partial charge >= 0.3 is 5.97 Å². The van der Waals surface area contributed by atoms with Crippen molar-refractivity contribution in [3.8, 4) is 0 Å². The Morgan fingerprint density at radius 2 is 2.06 bits per heavy atom. The van der Waals surface area contributed by atoms with E-state index in [-0.39, 0.29) is 11.3 Å². The van der Waals surface area contributed by atoms with E-state index in [9.17, 15) is 13.2 Å². The Bertz CT molecular complexity index is 510. The number of rotatable bonds is 3. The first kappa shape index (κ1) is 12.3. The number of nitrogens with two attached hydrogens (primary N) is 1. The normalized spacial score (nSPS) is 10.9. The molecule has 0 aliphatic rings. The second-order valence-electron chi connectivity index (χ2n) is 3.17. The molecule has 6 nitrogen and oxygen atoms in total. The monoisotopic (exact) mass is 244 g/mol. The summed E-state index contributed by atoms with van der Waals surface area (Å²) in [6, 6.07) is 4.24. The molecule has 0 fully saturated rings. The Balaban J connectivity index is 3.23. The number of methoxy groups -OCH3 is 1. The minimum Gasteiger partial charge on any atom is -0.465 e. The van der Waals surface area contributed by atoms with Gasteiger partial charge in [0.1, 0.15) is 0 Å². The average Bonchev–Trinajstić information content (AvgIpc) is 2.17. The van der Waals surface area contributed by atoms with E-state index in [4.69, 9.17) is 5.73 Å². The second-order valence-corrected chi connectivity index (χ2v) is 4.92. The highest BCUT2D eigenvalue weighted by atomic mass is 32.2. The summed E-state index contributed by atoms with van der Waals surface area (Å²) in [6.45, 7) is 0. The first-order chi connectivity index (χ1) is 7.33. The zero-order valence-corrected chi connectivity index (χ0v) is 9.67. The Kier molecular flexibility index (Phi) is 3.38. The molecule has 3 N–H and O–H groups in total. The first-order valence-corrected chi connectivity index (χ1v) is 6.18. The van der Waals surface area contributed by atoms with Crippen LogP contribution in [0.3, 0.4) is 0 Å². The summed E-state index contributed by atoms with van der Waals surface area (Å²) in [5.41, 5.74) is 6.06. The molecule has 0 aliphatic heterocycles. The fourth-order valence-corrected chi connectivity index (χ4v) is 1.71. The van der Waals surface area contributed by atoms with Gasteiger partial charge in [-0.25, -0.2) is 13.2 Å². The van der Waals surface area contributed by atoms with Crippen molar-refractivity contribution in [3.05, 3.63) is 23.8 Å². The third kappa shape index (κ3) is 3.13. The topological polar surface area (TPSA) is 98.5 Å². The molecule has 0 atom stereocenters. The van der Waals surface area contributed by atoms with Crippen LogP contribution in [0.5, 0.6) is 0 Å². The van der Waals surface area contributed by atoms with Gasteiger partial charge in [0.2, 0.25) is 10.0 Å². The first-order valence-electron chi connectivity index (χ1n) is 4.29. The summed E-state index contributed by atoms with van der Waals surface area (Å²) < 4.78 is 28.8. The molecular weight excluding hydrogens is 232 g/mol. The van der Waals surface area contributed by atoms with Gasteiger partial charge in [-0.15, -0.1) is 0 Å². The molecule has 0 saturated carbocycles. The maximum absolute atomic E-state index is 11.4. The van der Waals surface area contributed by atoms with Crippen LogP contribution < -0.4 is 10.5 Å². The predicted molar refractivity (Wildman–Crippen MR) is 60.7 cm³/mol. The van der Waals surface area contributed by atoms with Gasteiger partial charge in [-0.05, 0) is 18.2 Å². The largest absolute Gasteiger partial charge is 0.465 e. The molecule has 1 rings (SSSR count). The molecule has 1 aromatic carbocycles. The summed E-state index contributed by atoms with van der Waals surface area (Å²) in [5, 5.41) is 0. The molecule has 0 unspecified atom stereocenters. The molecule has 7 heteroatoms. The minimum absolute atomic E-state index is 0.0768. The number of nitrogens with one attached hydrogen (secondary N) is 1. The van der Waals surface area contributed by atoms with E-state index >= 15 is 0 Å². The van der Waals surface area contributed by atoms with E-state index in [1.165, 1.54) is 25.3 Å². The number of carbonyl (C=O) groups is 1. The summed E-state index contributed by atoms with van der Waals surface area (Å²) >= 11 is 0. The highest BCUT2D eigenvalue weighted by molar-refractivity contribution is 7.92. The molecule has 0 saturated heterocycles. The third-order valence-electron chi connectivity index (χ3n) is 1.74. The van der Waals surface area contributed by atoms with Gasteiger partial charge < -0.3 is 10.5 Å². The van der Waals surface area contributed by atoms with Crippen LogP contribution in [0.15, 0.2) is 18.2 Å². The van der Waals surface area contributed by atoms with Gasteiger partial charge in [0.15, 0.2) is 0 Å². The van der Waals surface area contributed by atoms with Crippen LogP contribution in [0.1, 0.15) is 10.4 Å². The average molecular weight is 244 g/mol. The molecule has 0 amide bonds. The van der Waals surface area contributed by atoms with E-state index in [2.05, 4.69) is 9.46 Å². The van der Waals surface area contributed by atoms with Crippen LogP contribution >= 0.6 is 0 Å². The number of sulfonamides is 1. The van der Waals surface area contributed by atoms with Crippen molar-refractivity contribution in [2.45, 2.75) is 0 Å². The summed E-state index contributed by atoms with van der Waals surface area (Å²) in [7, 11) is -2.25. The molecule has 16 heavy (non-hydrogen) atoms. The maximum Gasteiger partial charge on any atom is 0.340 e. The molecule has 0 aliphatic carbocycles. The van der Waals surface area contributed by atoms with Crippen molar-refractivity contribution in [2.75, 3.05) is 23.8 Å². The third-order valence-corrected chi connectivity index (χ3v) is 2.33. The van der Waals surface area contributed by atoms with Gasteiger partial charge in [-0.2, -0.15) is 0 Å². The van der Waals surface area contributed by atoms with Crippen molar-refractivity contribution in [1.29, 1.82) is 0 Å². The lowest BCUT2D eigenvalue weighted by Gasteiger charge is -2.09. The number of carbonyl (C=O) groups excluding carboxylic acids is 1. The minimum atomic E-state index is -3.45.